The third-order valence-electron chi connectivity index (χ3n) is 6.58. The Kier molecular flexibility index (Phi) is 6.19. The molecule has 7 heteroatoms. The van der Waals surface area contributed by atoms with Crippen molar-refractivity contribution in [1.82, 2.24) is 13.2 Å². The van der Waals surface area contributed by atoms with Gasteiger partial charge in [0.25, 0.3) is 0 Å². The Morgan fingerprint density at radius 2 is 1.52 bits per heavy atom. The molecule has 166 valence electrons. The number of hydrogen-bond donors (Lipinski definition) is 1. The predicted molar refractivity (Wildman–Crippen MR) is 123 cm³/mol. The lowest BCUT2D eigenvalue weighted by Gasteiger charge is -2.40. The molecule has 0 radical (unpaired) electrons. The molecule has 0 bridgehead atoms. The summed E-state index contributed by atoms with van der Waals surface area (Å²) in [5.74, 6) is -0.687. The average molecular weight is 446 g/mol. The van der Waals surface area contributed by atoms with Crippen LogP contribution in [0.2, 0.25) is 0 Å². The van der Waals surface area contributed by atoms with Gasteiger partial charge >= 0.3 is 0 Å². The molecule has 2 aliphatic rings. The van der Waals surface area contributed by atoms with Crippen LogP contribution >= 0.6 is 12.1 Å². The van der Waals surface area contributed by atoms with Crippen LogP contribution < -0.4 is 0 Å². The van der Waals surface area contributed by atoms with Crippen LogP contribution in [0.5, 0.6) is 0 Å². The van der Waals surface area contributed by atoms with E-state index in [1.54, 1.807) is 24.3 Å². The van der Waals surface area contributed by atoms with Crippen molar-refractivity contribution in [3.63, 3.8) is 0 Å². The summed E-state index contributed by atoms with van der Waals surface area (Å²) in [5.41, 5.74) is 1.63. The second kappa shape index (κ2) is 9.06. The fourth-order valence-corrected chi connectivity index (χ4v) is 6.43. The zero-order chi connectivity index (χ0) is 21.4. The predicted octanol–water partition coefficient (Wildman–Crippen LogP) is 5.34. The Hall–Kier alpha value is -1.67. The standard InChI is InChI=1S/C24H29F2N3OS/c25-17-7-9-23-21(13-17)22-14-18(26)8-10-24(22)28(23)16-20(30)15-27-11-4-12-29(31-27)19-5-2-1-3-6-19/h7-10,13-14,19-20,30H,1-6,11-12,15-16H2. The maximum Gasteiger partial charge on any atom is 0.123 e. The van der Waals surface area contributed by atoms with Gasteiger partial charge in [-0.25, -0.2) is 17.4 Å². The van der Waals surface area contributed by atoms with E-state index in [4.69, 9.17) is 0 Å². The van der Waals surface area contributed by atoms with Gasteiger partial charge in [-0.05, 0) is 55.7 Å². The summed E-state index contributed by atoms with van der Waals surface area (Å²) in [4.78, 5) is 0. The maximum absolute atomic E-state index is 13.9. The van der Waals surface area contributed by atoms with Gasteiger partial charge in [0.2, 0.25) is 0 Å². The Morgan fingerprint density at radius 3 is 2.16 bits per heavy atom. The molecule has 2 heterocycles. The molecule has 0 amide bonds. The number of benzene rings is 2. The van der Waals surface area contributed by atoms with Gasteiger partial charge in [-0.15, -0.1) is 0 Å². The molecule has 1 saturated carbocycles. The molecule has 1 aliphatic carbocycles. The number of halogens is 2. The zero-order valence-corrected chi connectivity index (χ0v) is 18.5. The van der Waals surface area contributed by atoms with Crippen molar-refractivity contribution in [3.8, 4) is 0 Å². The van der Waals surface area contributed by atoms with Gasteiger partial charge in [-0.2, -0.15) is 0 Å². The third kappa shape index (κ3) is 4.46. The molecule has 1 aromatic heterocycles. The second-order valence-electron chi connectivity index (χ2n) is 8.84. The molecule has 3 aromatic rings. The Bertz CT molecular complexity index is 1010. The van der Waals surface area contributed by atoms with E-state index in [2.05, 4.69) is 8.61 Å². The monoisotopic (exact) mass is 445 g/mol. The van der Waals surface area contributed by atoms with Gasteiger partial charge in [0.15, 0.2) is 0 Å². The van der Waals surface area contributed by atoms with Gasteiger partial charge < -0.3 is 9.67 Å². The number of aliphatic hydroxyl groups is 1. The van der Waals surface area contributed by atoms with Gasteiger partial charge in [0.1, 0.15) is 11.6 Å². The summed E-state index contributed by atoms with van der Waals surface area (Å²) in [7, 11) is 0. The number of aromatic nitrogens is 1. The lowest BCUT2D eigenvalue weighted by atomic mass is 9.95. The quantitative estimate of drug-likeness (QED) is 0.538. The van der Waals surface area contributed by atoms with Gasteiger partial charge in [0.05, 0.1) is 12.6 Å². The first-order valence-corrected chi connectivity index (χ1v) is 12.1. The summed E-state index contributed by atoms with van der Waals surface area (Å²) >= 11 is 1.79. The van der Waals surface area contributed by atoms with E-state index in [-0.39, 0.29) is 11.6 Å². The number of β-amino-alcohol motifs (C(OH)–C–C–N with tert-alkyl or cyclic N) is 1. The SMILES string of the molecule is OC(CN1CCCN(C2CCCCC2)S1)Cn1c2ccc(F)cc2c2cc(F)ccc21. The number of hydrogen-bond acceptors (Lipinski definition) is 4. The molecule has 1 atom stereocenters. The summed E-state index contributed by atoms with van der Waals surface area (Å²) < 4.78 is 34.5. The van der Waals surface area contributed by atoms with Crippen molar-refractivity contribution in [3.05, 3.63) is 48.0 Å². The second-order valence-corrected chi connectivity index (χ2v) is 9.99. The minimum atomic E-state index is -0.576. The van der Waals surface area contributed by atoms with Crippen LogP contribution in [0.15, 0.2) is 36.4 Å². The highest BCUT2D eigenvalue weighted by Crippen LogP contribution is 2.33. The Morgan fingerprint density at radius 1 is 0.871 bits per heavy atom. The molecular formula is C24H29F2N3OS. The van der Waals surface area contributed by atoms with Crippen molar-refractivity contribution >= 4 is 33.9 Å². The van der Waals surface area contributed by atoms with Crippen molar-refractivity contribution in [1.29, 1.82) is 0 Å². The molecular weight excluding hydrogens is 416 g/mol. The van der Waals surface area contributed by atoms with Crippen LogP contribution in [-0.4, -0.2) is 50.1 Å². The number of nitrogens with zero attached hydrogens (tertiary/aromatic N) is 3. The van der Waals surface area contributed by atoms with Gasteiger partial charge in [0, 0.05) is 59.6 Å². The van der Waals surface area contributed by atoms with Crippen LogP contribution in [0.4, 0.5) is 8.78 Å². The maximum atomic E-state index is 13.9. The number of rotatable bonds is 5. The summed E-state index contributed by atoms with van der Waals surface area (Å²) in [6.07, 6.45) is 7.08. The van der Waals surface area contributed by atoms with Crippen LogP contribution in [0, 0.1) is 11.6 Å². The molecule has 1 unspecified atom stereocenters. The number of fused-ring (bicyclic) bond motifs is 3. The van der Waals surface area contributed by atoms with E-state index in [1.165, 1.54) is 56.4 Å². The molecule has 1 aliphatic heterocycles. The molecule has 31 heavy (non-hydrogen) atoms. The van der Waals surface area contributed by atoms with Crippen molar-refractivity contribution < 1.29 is 13.9 Å². The lowest BCUT2D eigenvalue weighted by Crippen LogP contribution is -2.43. The van der Waals surface area contributed by atoms with Crippen molar-refractivity contribution in [2.75, 3.05) is 19.6 Å². The minimum Gasteiger partial charge on any atom is -0.390 e. The van der Waals surface area contributed by atoms with E-state index in [1.807, 2.05) is 4.57 Å². The van der Waals surface area contributed by atoms with Crippen molar-refractivity contribution in [2.45, 2.75) is 57.2 Å². The third-order valence-corrected chi connectivity index (χ3v) is 7.84. The summed E-state index contributed by atoms with van der Waals surface area (Å²) in [6.45, 7) is 3.04. The fourth-order valence-electron chi connectivity index (χ4n) is 5.12. The molecule has 2 aromatic carbocycles. The summed E-state index contributed by atoms with van der Waals surface area (Å²) in [5, 5.41) is 12.3. The molecule has 1 N–H and O–H groups in total. The summed E-state index contributed by atoms with van der Waals surface area (Å²) in [6, 6.07) is 9.82. The first-order valence-electron chi connectivity index (χ1n) is 11.3. The Balaban J connectivity index is 1.33. The first-order chi connectivity index (χ1) is 15.1. The molecule has 1 saturated heterocycles. The van der Waals surface area contributed by atoms with Crippen LogP contribution in [-0.2, 0) is 6.54 Å². The highest BCUT2D eigenvalue weighted by Gasteiger charge is 2.28. The Labute approximate surface area is 186 Å². The highest BCUT2D eigenvalue weighted by atomic mass is 32.2. The highest BCUT2D eigenvalue weighted by molar-refractivity contribution is 7.94. The normalized spacial score (nSPS) is 20.6. The van der Waals surface area contributed by atoms with E-state index in [0.29, 0.717) is 29.9 Å². The van der Waals surface area contributed by atoms with Crippen LogP contribution in [0.3, 0.4) is 0 Å². The van der Waals surface area contributed by atoms with E-state index < -0.39 is 6.10 Å². The molecule has 4 nitrogen and oxygen atoms in total. The van der Waals surface area contributed by atoms with E-state index >= 15 is 0 Å². The van der Waals surface area contributed by atoms with E-state index in [0.717, 1.165) is 30.5 Å². The zero-order valence-electron chi connectivity index (χ0n) is 17.6. The average Bonchev–Trinajstić information content (AvgIpc) is 3.06. The smallest absolute Gasteiger partial charge is 0.123 e. The van der Waals surface area contributed by atoms with Gasteiger partial charge in [-0.3, -0.25) is 0 Å². The molecule has 0 spiro atoms. The van der Waals surface area contributed by atoms with Crippen LogP contribution in [0.25, 0.3) is 21.8 Å². The van der Waals surface area contributed by atoms with Crippen molar-refractivity contribution in [2.24, 2.45) is 0 Å². The van der Waals surface area contributed by atoms with Gasteiger partial charge in [-0.1, -0.05) is 19.3 Å². The minimum absolute atomic E-state index is 0.344. The van der Waals surface area contributed by atoms with Crippen LogP contribution in [0.1, 0.15) is 38.5 Å². The first kappa shape index (κ1) is 21.2. The topological polar surface area (TPSA) is 31.6 Å². The van der Waals surface area contributed by atoms with E-state index in [9.17, 15) is 13.9 Å². The fraction of sp³-hybridized carbons (Fsp3) is 0.500. The molecule has 5 rings (SSSR count). The lowest BCUT2D eigenvalue weighted by molar-refractivity contribution is 0.125. The molecule has 2 fully saturated rings. The number of aliphatic hydroxyl groups excluding tert-OH is 1. The largest absolute Gasteiger partial charge is 0.390 e.